The van der Waals surface area contributed by atoms with Crippen LogP contribution >= 0.6 is 0 Å². The van der Waals surface area contributed by atoms with Crippen LogP contribution in [-0.4, -0.2) is 31.0 Å². The van der Waals surface area contributed by atoms with Crippen LogP contribution in [0.2, 0.25) is 0 Å². The minimum absolute atomic E-state index is 0.0252. The van der Waals surface area contributed by atoms with Crippen LogP contribution in [0.15, 0.2) is 24.3 Å². The van der Waals surface area contributed by atoms with Crippen molar-refractivity contribution in [1.29, 1.82) is 0 Å². The summed E-state index contributed by atoms with van der Waals surface area (Å²) in [5.41, 5.74) is 5.91. The van der Waals surface area contributed by atoms with Crippen LogP contribution in [0, 0.1) is 5.82 Å². The Morgan fingerprint density at radius 2 is 1.62 bits per heavy atom. The molecular formula is C14H22F5NO. The molecule has 124 valence electrons. The minimum Gasteiger partial charge on any atom is -0.390 e. The van der Waals surface area contributed by atoms with Gasteiger partial charge >= 0.3 is 0 Å². The maximum Gasteiger partial charge on any atom is 0.242 e. The molecule has 0 amide bonds. The van der Waals surface area contributed by atoms with Crippen molar-refractivity contribution in [3.8, 4) is 0 Å². The van der Waals surface area contributed by atoms with Crippen molar-refractivity contribution in [2.45, 2.75) is 38.3 Å². The number of benzene rings is 1. The van der Waals surface area contributed by atoms with Gasteiger partial charge in [-0.25, -0.2) is 17.6 Å². The predicted octanol–water partition coefficient (Wildman–Crippen LogP) is 3.79. The van der Waals surface area contributed by atoms with Crippen molar-refractivity contribution in [2.75, 3.05) is 13.9 Å². The molecule has 0 aliphatic rings. The zero-order valence-electron chi connectivity index (χ0n) is 12.3. The van der Waals surface area contributed by atoms with E-state index >= 15 is 0 Å². The van der Waals surface area contributed by atoms with E-state index in [2.05, 4.69) is 0 Å². The molecule has 1 aromatic carbocycles. The molecule has 0 bridgehead atoms. The smallest absolute Gasteiger partial charge is 0.242 e. The Bertz CT molecular complexity index is 365. The second-order valence-corrected chi connectivity index (χ2v) is 4.50. The number of hydrogen-bond acceptors (Lipinski definition) is 2. The average molecular weight is 315 g/mol. The molecule has 0 fully saturated rings. The average Bonchev–Trinajstić information content (AvgIpc) is 2.39. The van der Waals surface area contributed by atoms with E-state index in [9.17, 15) is 22.0 Å². The van der Waals surface area contributed by atoms with Gasteiger partial charge in [-0.15, -0.1) is 0 Å². The molecule has 2 atom stereocenters. The molecule has 2 unspecified atom stereocenters. The molecule has 2 nitrogen and oxygen atoms in total. The molecule has 0 aliphatic heterocycles. The van der Waals surface area contributed by atoms with E-state index in [1.807, 2.05) is 0 Å². The third kappa shape index (κ3) is 13.5. The second kappa shape index (κ2) is 11.4. The van der Waals surface area contributed by atoms with Gasteiger partial charge in [-0.3, -0.25) is 4.39 Å². The van der Waals surface area contributed by atoms with Gasteiger partial charge in [0.1, 0.15) is 12.5 Å². The Labute approximate surface area is 121 Å². The first-order valence-electron chi connectivity index (χ1n) is 6.14. The van der Waals surface area contributed by atoms with Crippen LogP contribution in [0.5, 0.6) is 0 Å². The maximum atomic E-state index is 13.1. The van der Waals surface area contributed by atoms with Crippen LogP contribution < -0.4 is 5.73 Å². The highest BCUT2D eigenvalue weighted by atomic mass is 19.3. The van der Waals surface area contributed by atoms with E-state index in [1.54, 1.807) is 12.1 Å². The SMILES string of the molecule is CC(C)(F)F.CF.NC(CC(O)CF)c1ccccc1F. The number of halogens is 5. The molecular weight excluding hydrogens is 293 g/mol. The first kappa shape index (κ1) is 22.1. The van der Waals surface area contributed by atoms with Gasteiger partial charge in [0.05, 0.1) is 13.3 Å². The lowest BCUT2D eigenvalue weighted by molar-refractivity contribution is 0.0437. The largest absolute Gasteiger partial charge is 0.390 e. The lowest BCUT2D eigenvalue weighted by atomic mass is 10.0. The monoisotopic (exact) mass is 315 g/mol. The molecule has 1 rings (SSSR count). The zero-order valence-corrected chi connectivity index (χ0v) is 12.3. The highest BCUT2D eigenvalue weighted by Crippen LogP contribution is 2.18. The lowest BCUT2D eigenvalue weighted by Crippen LogP contribution is -2.21. The Morgan fingerprint density at radius 3 is 2.00 bits per heavy atom. The molecule has 0 aliphatic carbocycles. The van der Waals surface area contributed by atoms with E-state index in [-0.39, 0.29) is 6.42 Å². The minimum atomic E-state index is -2.50. The van der Waals surface area contributed by atoms with Crippen LogP contribution in [0.3, 0.4) is 0 Å². The molecule has 0 spiro atoms. The summed E-state index contributed by atoms with van der Waals surface area (Å²) in [7, 11) is 0.500. The second-order valence-electron chi connectivity index (χ2n) is 4.50. The van der Waals surface area contributed by atoms with Gasteiger partial charge in [-0.05, 0) is 26.3 Å². The molecule has 0 radical (unpaired) electrons. The summed E-state index contributed by atoms with van der Waals surface area (Å²) < 4.78 is 56.6. The molecule has 0 saturated heterocycles. The number of nitrogens with two attached hydrogens (primary N) is 1. The molecule has 1 aromatic rings. The van der Waals surface area contributed by atoms with Crippen molar-refractivity contribution in [3.63, 3.8) is 0 Å². The molecule has 0 heterocycles. The van der Waals surface area contributed by atoms with Crippen LogP contribution in [0.1, 0.15) is 31.9 Å². The topological polar surface area (TPSA) is 46.2 Å². The number of alkyl halides is 4. The van der Waals surface area contributed by atoms with E-state index < -0.39 is 30.6 Å². The standard InChI is InChI=1S/C10H13F2NO.C3H6F2.CH3F/c11-6-7(14)5-10(13)8-3-1-2-4-9(8)12;1-3(2,4)5;1-2/h1-4,7,10,14H,5-6,13H2;1-2H3;1H3. The fourth-order valence-corrected chi connectivity index (χ4v) is 1.26. The fraction of sp³-hybridized carbons (Fsp3) is 0.571. The highest BCUT2D eigenvalue weighted by molar-refractivity contribution is 5.20. The normalized spacial score (nSPS) is 13.2. The van der Waals surface area contributed by atoms with Crippen LogP contribution in [-0.2, 0) is 0 Å². The van der Waals surface area contributed by atoms with Gasteiger partial charge in [0, 0.05) is 11.6 Å². The quantitative estimate of drug-likeness (QED) is 0.830. The summed E-state index contributed by atoms with van der Waals surface area (Å²) in [6.45, 7) is 0.849. The molecule has 21 heavy (non-hydrogen) atoms. The van der Waals surface area contributed by atoms with E-state index in [4.69, 9.17) is 10.8 Å². The van der Waals surface area contributed by atoms with E-state index in [0.29, 0.717) is 12.7 Å². The van der Waals surface area contributed by atoms with Gasteiger partial charge in [-0.1, -0.05) is 18.2 Å². The number of aliphatic hydroxyl groups excluding tert-OH is 1. The molecule has 3 N–H and O–H groups in total. The maximum absolute atomic E-state index is 13.1. The fourth-order valence-electron chi connectivity index (χ4n) is 1.26. The molecule has 7 heteroatoms. The van der Waals surface area contributed by atoms with Crippen molar-refractivity contribution < 1.29 is 27.1 Å². The third-order valence-corrected chi connectivity index (χ3v) is 2.01. The summed E-state index contributed by atoms with van der Waals surface area (Å²) in [5, 5.41) is 9.00. The van der Waals surface area contributed by atoms with Crippen molar-refractivity contribution in [1.82, 2.24) is 0 Å². The van der Waals surface area contributed by atoms with Crippen LogP contribution in [0.4, 0.5) is 22.0 Å². The third-order valence-electron chi connectivity index (χ3n) is 2.01. The number of aliphatic hydroxyl groups is 1. The number of rotatable bonds is 4. The number of hydrogen-bond donors (Lipinski definition) is 2. The summed E-state index contributed by atoms with van der Waals surface area (Å²) >= 11 is 0. The Kier molecular flexibility index (Phi) is 12.0. The molecule has 0 aromatic heterocycles. The highest BCUT2D eigenvalue weighted by Gasteiger charge is 2.15. The van der Waals surface area contributed by atoms with Crippen molar-refractivity contribution in [3.05, 3.63) is 35.6 Å². The Balaban J connectivity index is 0. The summed E-state index contributed by atoms with van der Waals surface area (Å²) in [6, 6.07) is 5.36. The van der Waals surface area contributed by atoms with Gasteiger partial charge in [0.2, 0.25) is 5.92 Å². The van der Waals surface area contributed by atoms with Gasteiger partial charge < -0.3 is 10.8 Å². The predicted molar refractivity (Wildman–Crippen MR) is 73.3 cm³/mol. The van der Waals surface area contributed by atoms with Gasteiger partial charge in [-0.2, -0.15) is 0 Å². The van der Waals surface area contributed by atoms with Crippen molar-refractivity contribution >= 4 is 0 Å². The first-order chi connectivity index (χ1) is 9.65. The Morgan fingerprint density at radius 1 is 1.19 bits per heavy atom. The summed E-state index contributed by atoms with van der Waals surface area (Å²) in [6.07, 6.45) is -1.10. The van der Waals surface area contributed by atoms with E-state index in [0.717, 1.165) is 13.8 Å². The first-order valence-corrected chi connectivity index (χ1v) is 6.14. The summed E-state index contributed by atoms with van der Waals surface area (Å²) in [4.78, 5) is 0. The zero-order chi connectivity index (χ0) is 17.1. The molecule has 0 saturated carbocycles. The van der Waals surface area contributed by atoms with E-state index in [1.165, 1.54) is 12.1 Å². The van der Waals surface area contributed by atoms with Crippen molar-refractivity contribution in [2.24, 2.45) is 5.73 Å². The summed E-state index contributed by atoms with van der Waals surface area (Å²) in [5.74, 6) is -2.92. The Hall–Kier alpha value is -1.21. The van der Waals surface area contributed by atoms with Gasteiger partial charge in [0.15, 0.2) is 0 Å². The van der Waals surface area contributed by atoms with Crippen LogP contribution in [0.25, 0.3) is 0 Å². The van der Waals surface area contributed by atoms with Gasteiger partial charge in [0.25, 0.3) is 0 Å². The lowest BCUT2D eigenvalue weighted by Gasteiger charge is -2.14.